The standard InChI is InChI=1S/C33H30ClFN4O4/c1-32(2)18-43-31-23(32)16-28(38-30(31)21-6-7-25(35)24(34)14-21)33(41,17-39-12-11-36-19-39)9-8-26(40)22-13-20-5-4-10-37-29(20)27(15-22)42-3/h4-7,10-16,19,41H,8-9,17-18H2,1-3H3. The minimum absolute atomic E-state index is 0.0243. The topological polar surface area (TPSA) is 99.4 Å². The van der Waals surface area contributed by atoms with Crippen LogP contribution < -0.4 is 9.47 Å². The number of nitrogens with zero attached hydrogens (tertiary/aromatic N) is 4. The van der Waals surface area contributed by atoms with Crippen LogP contribution in [0, 0.1) is 5.82 Å². The molecule has 1 N–H and O–H groups in total. The second-order valence-corrected chi connectivity index (χ2v) is 11.9. The van der Waals surface area contributed by atoms with Crippen molar-refractivity contribution in [3.05, 3.63) is 101 Å². The lowest BCUT2D eigenvalue weighted by Crippen LogP contribution is -2.33. The van der Waals surface area contributed by atoms with Crippen LogP contribution in [0.2, 0.25) is 5.02 Å². The molecule has 6 rings (SSSR count). The molecule has 1 aliphatic rings. The van der Waals surface area contributed by atoms with Gasteiger partial charge in [0.15, 0.2) is 5.78 Å². The number of fused-ring (bicyclic) bond motifs is 2. The quantitative estimate of drug-likeness (QED) is 0.192. The van der Waals surface area contributed by atoms with Gasteiger partial charge in [-0.1, -0.05) is 31.5 Å². The summed E-state index contributed by atoms with van der Waals surface area (Å²) < 4.78 is 27.4. The normalized spacial score (nSPS) is 15.1. The zero-order valence-corrected chi connectivity index (χ0v) is 24.7. The van der Waals surface area contributed by atoms with Gasteiger partial charge in [0.25, 0.3) is 0 Å². The molecule has 0 bridgehead atoms. The Kier molecular flexibility index (Phi) is 7.40. The van der Waals surface area contributed by atoms with Gasteiger partial charge in [-0.3, -0.25) is 9.78 Å². The van der Waals surface area contributed by atoms with E-state index in [2.05, 4.69) is 9.97 Å². The molecular formula is C33H30ClFN4O4. The zero-order valence-electron chi connectivity index (χ0n) is 24.0. The Morgan fingerprint density at radius 2 is 2.05 bits per heavy atom. The smallest absolute Gasteiger partial charge is 0.163 e. The molecule has 0 fully saturated rings. The average Bonchev–Trinajstić information content (AvgIpc) is 3.63. The fraction of sp³-hybridized carbons (Fsp3) is 0.273. The van der Waals surface area contributed by atoms with Crippen LogP contribution in [0.3, 0.4) is 0 Å². The van der Waals surface area contributed by atoms with E-state index in [4.69, 9.17) is 26.1 Å². The molecule has 43 heavy (non-hydrogen) atoms. The zero-order chi connectivity index (χ0) is 30.4. The van der Waals surface area contributed by atoms with Crippen LogP contribution in [0.4, 0.5) is 4.39 Å². The molecule has 5 aromatic rings. The summed E-state index contributed by atoms with van der Waals surface area (Å²) in [5.41, 5.74) is 1.39. The van der Waals surface area contributed by atoms with Crippen molar-refractivity contribution in [2.45, 2.75) is 44.2 Å². The molecule has 8 nitrogen and oxygen atoms in total. The summed E-state index contributed by atoms with van der Waals surface area (Å²) in [5, 5.41) is 13.1. The highest BCUT2D eigenvalue weighted by atomic mass is 35.5. The Bertz CT molecular complexity index is 1840. The molecule has 1 atom stereocenters. The van der Waals surface area contributed by atoms with E-state index in [0.717, 1.165) is 10.9 Å². The van der Waals surface area contributed by atoms with Gasteiger partial charge >= 0.3 is 0 Å². The Labute approximate surface area is 253 Å². The van der Waals surface area contributed by atoms with E-state index in [1.165, 1.54) is 19.2 Å². The number of rotatable bonds is 9. The summed E-state index contributed by atoms with van der Waals surface area (Å²) in [6.45, 7) is 4.60. The highest BCUT2D eigenvalue weighted by molar-refractivity contribution is 6.31. The van der Waals surface area contributed by atoms with E-state index < -0.39 is 11.4 Å². The van der Waals surface area contributed by atoms with E-state index in [0.29, 0.717) is 46.1 Å². The number of imidazole rings is 1. The maximum atomic E-state index is 14.1. The van der Waals surface area contributed by atoms with Gasteiger partial charge in [-0.05, 0) is 48.9 Å². The molecule has 10 heteroatoms. The van der Waals surface area contributed by atoms with Gasteiger partial charge in [-0.2, -0.15) is 0 Å². The third kappa shape index (κ3) is 5.46. The first-order valence-electron chi connectivity index (χ1n) is 13.9. The van der Waals surface area contributed by atoms with Gasteiger partial charge in [0.2, 0.25) is 0 Å². The SMILES string of the molecule is COc1cc(C(=O)CCC(O)(Cn2ccnc2)c2cc3c(c(-c4ccc(F)c(Cl)c4)n2)OCC3(C)C)cc2cccnc12. The Hall–Kier alpha value is -4.34. The first-order chi connectivity index (χ1) is 20.6. The second kappa shape index (κ2) is 11.1. The molecule has 0 saturated heterocycles. The fourth-order valence-electron chi connectivity index (χ4n) is 5.50. The summed E-state index contributed by atoms with van der Waals surface area (Å²) in [7, 11) is 1.54. The molecule has 0 radical (unpaired) electrons. The lowest BCUT2D eigenvalue weighted by molar-refractivity contribution is 0.00415. The summed E-state index contributed by atoms with van der Waals surface area (Å²) in [6.07, 6.45) is 6.74. The van der Waals surface area contributed by atoms with Crippen molar-refractivity contribution in [3.8, 4) is 22.8 Å². The Balaban J connectivity index is 1.42. The van der Waals surface area contributed by atoms with Crippen LogP contribution in [-0.4, -0.2) is 44.1 Å². The Morgan fingerprint density at radius 1 is 1.21 bits per heavy atom. The highest BCUT2D eigenvalue weighted by Gasteiger charge is 2.40. The Morgan fingerprint density at radius 3 is 2.79 bits per heavy atom. The van der Waals surface area contributed by atoms with E-state index in [1.54, 1.807) is 53.8 Å². The predicted molar refractivity (Wildman–Crippen MR) is 161 cm³/mol. The molecule has 1 aliphatic heterocycles. The molecule has 220 valence electrons. The number of hydrogen-bond donors (Lipinski definition) is 1. The van der Waals surface area contributed by atoms with E-state index in [-0.39, 0.29) is 35.6 Å². The number of carbonyl (C=O) groups excluding carboxylic acids is 1. The second-order valence-electron chi connectivity index (χ2n) is 11.5. The van der Waals surface area contributed by atoms with Crippen LogP contribution in [0.15, 0.2) is 73.4 Å². The number of pyridine rings is 2. The maximum absolute atomic E-state index is 14.1. The minimum atomic E-state index is -1.58. The predicted octanol–water partition coefficient (Wildman–Crippen LogP) is 6.52. The van der Waals surface area contributed by atoms with Crippen molar-refractivity contribution in [3.63, 3.8) is 0 Å². The lowest BCUT2D eigenvalue weighted by Gasteiger charge is -2.30. The van der Waals surface area contributed by atoms with E-state index in [1.807, 2.05) is 26.0 Å². The molecule has 3 aromatic heterocycles. The van der Waals surface area contributed by atoms with Gasteiger partial charge in [0.05, 0.1) is 37.3 Å². The van der Waals surface area contributed by atoms with Crippen LogP contribution in [0.25, 0.3) is 22.2 Å². The largest absolute Gasteiger partial charge is 0.494 e. The van der Waals surface area contributed by atoms with Crippen LogP contribution >= 0.6 is 11.6 Å². The monoisotopic (exact) mass is 600 g/mol. The number of halogens is 2. The number of methoxy groups -OCH3 is 1. The number of benzene rings is 2. The number of hydrogen-bond acceptors (Lipinski definition) is 7. The van der Waals surface area contributed by atoms with Crippen molar-refractivity contribution in [2.75, 3.05) is 13.7 Å². The molecule has 0 amide bonds. The number of carbonyl (C=O) groups is 1. The van der Waals surface area contributed by atoms with Crippen molar-refractivity contribution >= 4 is 28.3 Å². The van der Waals surface area contributed by atoms with E-state index >= 15 is 0 Å². The van der Waals surface area contributed by atoms with Crippen molar-refractivity contribution in [1.29, 1.82) is 0 Å². The summed E-state index contributed by atoms with van der Waals surface area (Å²) >= 11 is 6.14. The number of aromatic nitrogens is 4. The first kappa shape index (κ1) is 28.8. The summed E-state index contributed by atoms with van der Waals surface area (Å²) in [5.74, 6) is 0.355. The molecule has 0 saturated carbocycles. The summed E-state index contributed by atoms with van der Waals surface area (Å²) in [6, 6.07) is 13.4. The maximum Gasteiger partial charge on any atom is 0.163 e. The summed E-state index contributed by atoms with van der Waals surface area (Å²) in [4.78, 5) is 27.0. The van der Waals surface area contributed by atoms with Crippen LogP contribution in [-0.2, 0) is 17.6 Å². The van der Waals surface area contributed by atoms with Crippen molar-refractivity contribution in [1.82, 2.24) is 19.5 Å². The van der Waals surface area contributed by atoms with Crippen LogP contribution in [0.5, 0.6) is 11.5 Å². The van der Waals surface area contributed by atoms with Gasteiger partial charge in [-0.25, -0.2) is 14.4 Å². The third-order valence-corrected chi connectivity index (χ3v) is 8.22. The van der Waals surface area contributed by atoms with Crippen molar-refractivity contribution < 1.29 is 23.8 Å². The molecule has 2 aromatic carbocycles. The van der Waals surface area contributed by atoms with E-state index in [9.17, 15) is 14.3 Å². The molecular weight excluding hydrogens is 571 g/mol. The first-order valence-corrected chi connectivity index (χ1v) is 14.2. The fourth-order valence-corrected chi connectivity index (χ4v) is 5.68. The lowest BCUT2D eigenvalue weighted by atomic mass is 9.83. The van der Waals surface area contributed by atoms with Gasteiger partial charge in [0.1, 0.15) is 34.1 Å². The molecule has 4 heterocycles. The number of Topliss-reactive ketones (excluding diaryl/α,β-unsaturated/α-hetero) is 1. The van der Waals surface area contributed by atoms with Gasteiger partial charge in [-0.15, -0.1) is 0 Å². The molecule has 0 spiro atoms. The van der Waals surface area contributed by atoms with Crippen LogP contribution in [0.1, 0.15) is 48.3 Å². The minimum Gasteiger partial charge on any atom is -0.494 e. The number of ether oxygens (including phenoxy) is 2. The number of ketones is 1. The molecule has 0 aliphatic carbocycles. The third-order valence-electron chi connectivity index (χ3n) is 7.93. The van der Waals surface area contributed by atoms with Gasteiger partial charge in [0, 0.05) is 52.5 Å². The van der Waals surface area contributed by atoms with Gasteiger partial charge < -0.3 is 19.1 Å². The van der Waals surface area contributed by atoms with Crippen molar-refractivity contribution in [2.24, 2.45) is 0 Å². The highest BCUT2D eigenvalue weighted by Crippen LogP contribution is 2.46. The average molecular weight is 601 g/mol. The molecule has 1 unspecified atom stereocenters. The number of aliphatic hydroxyl groups is 1.